The van der Waals surface area contributed by atoms with Crippen molar-refractivity contribution in [3.05, 3.63) is 0 Å². The molecule has 116 valence electrons. The summed E-state index contributed by atoms with van der Waals surface area (Å²) in [6.07, 6.45) is 0.950. The van der Waals surface area contributed by atoms with Gasteiger partial charge in [0.1, 0.15) is 0 Å². The predicted octanol–water partition coefficient (Wildman–Crippen LogP) is -1.46. The van der Waals surface area contributed by atoms with Gasteiger partial charge in [0.15, 0.2) is 0 Å². The van der Waals surface area contributed by atoms with E-state index in [9.17, 15) is 14.4 Å². The lowest BCUT2D eigenvalue weighted by molar-refractivity contribution is -0.122. The van der Waals surface area contributed by atoms with Crippen molar-refractivity contribution in [2.45, 2.75) is 25.8 Å². The first-order chi connectivity index (χ1) is 9.60. The van der Waals surface area contributed by atoms with E-state index in [0.717, 1.165) is 0 Å². The fraction of sp³-hybridized carbons (Fsp3) is 0.750. The molecular formula is C12H23N3O5. The van der Waals surface area contributed by atoms with Gasteiger partial charge >= 0.3 is 0 Å². The van der Waals surface area contributed by atoms with Gasteiger partial charge in [-0.25, -0.2) is 0 Å². The third-order valence-corrected chi connectivity index (χ3v) is 2.28. The molecule has 0 heterocycles. The molecule has 0 bridgehead atoms. The van der Waals surface area contributed by atoms with Crippen molar-refractivity contribution >= 4 is 18.2 Å². The van der Waals surface area contributed by atoms with Gasteiger partial charge < -0.3 is 25.8 Å². The van der Waals surface area contributed by atoms with Crippen molar-refractivity contribution in [3.63, 3.8) is 0 Å². The number of hydrogen-bond acceptors (Lipinski definition) is 5. The second-order valence-corrected chi connectivity index (χ2v) is 4.05. The largest absolute Gasteiger partial charge is 0.379 e. The lowest BCUT2D eigenvalue weighted by atomic mass is 10.3. The first kappa shape index (κ1) is 18.3. The third-order valence-electron chi connectivity index (χ3n) is 2.28. The number of rotatable bonds is 13. The Kier molecular flexibility index (Phi) is 11.3. The van der Waals surface area contributed by atoms with Crippen LogP contribution in [0, 0.1) is 0 Å². The Balaban J connectivity index is 3.70. The summed E-state index contributed by atoms with van der Waals surface area (Å²) in [5, 5.41) is 5.19. The van der Waals surface area contributed by atoms with Crippen molar-refractivity contribution < 1.29 is 23.9 Å². The van der Waals surface area contributed by atoms with E-state index in [4.69, 9.17) is 15.2 Å². The van der Waals surface area contributed by atoms with E-state index < -0.39 is 5.91 Å². The highest BCUT2D eigenvalue weighted by atomic mass is 16.5. The van der Waals surface area contributed by atoms with Gasteiger partial charge in [-0.15, -0.1) is 0 Å². The smallest absolute Gasteiger partial charge is 0.222 e. The van der Waals surface area contributed by atoms with Crippen LogP contribution in [0.2, 0.25) is 0 Å². The second kappa shape index (κ2) is 12.4. The maximum Gasteiger partial charge on any atom is 0.222 e. The fourth-order valence-corrected chi connectivity index (χ4v) is 1.31. The lowest BCUT2D eigenvalue weighted by Gasteiger charge is -2.16. The van der Waals surface area contributed by atoms with Gasteiger partial charge in [0, 0.05) is 19.4 Å². The lowest BCUT2D eigenvalue weighted by Crippen LogP contribution is -2.37. The maximum atomic E-state index is 11.2. The van der Waals surface area contributed by atoms with Crippen LogP contribution in [0.1, 0.15) is 19.8 Å². The van der Waals surface area contributed by atoms with Crippen LogP contribution in [0.4, 0.5) is 0 Å². The average Bonchev–Trinajstić information content (AvgIpc) is 2.39. The van der Waals surface area contributed by atoms with Gasteiger partial charge in [-0.2, -0.15) is 0 Å². The van der Waals surface area contributed by atoms with Crippen LogP contribution >= 0.6 is 0 Å². The predicted molar refractivity (Wildman–Crippen MR) is 71.7 cm³/mol. The van der Waals surface area contributed by atoms with Crippen LogP contribution in [0.15, 0.2) is 0 Å². The van der Waals surface area contributed by atoms with E-state index in [-0.39, 0.29) is 51.2 Å². The zero-order valence-electron chi connectivity index (χ0n) is 11.7. The normalized spacial score (nSPS) is 11.7. The van der Waals surface area contributed by atoms with Gasteiger partial charge in [0.2, 0.25) is 18.2 Å². The standard InChI is InChI=1S/C12H23N3O5/c1-2-14-12(18)4-6-20-8-10(15-9-16)7-19-5-3-11(13)17/h9-10H,2-8H2,1H3,(H2,13,17)(H,14,18)(H,15,16). The second-order valence-electron chi connectivity index (χ2n) is 4.05. The Morgan fingerprint density at radius 2 is 1.80 bits per heavy atom. The van der Waals surface area contributed by atoms with E-state index in [1.807, 2.05) is 6.92 Å². The van der Waals surface area contributed by atoms with E-state index in [2.05, 4.69) is 10.6 Å². The van der Waals surface area contributed by atoms with Crippen molar-refractivity contribution in [1.29, 1.82) is 0 Å². The maximum absolute atomic E-state index is 11.2. The number of nitrogens with two attached hydrogens (primary N) is 1. The molecule has 0 fully saturated rings. The molecule has 0 saturated carbocycles. The van der Waals surface area contributed by atoms with Gasteiger partial charge in [-0.1, -0.05) is 0 Å². The summed E-state index contributed by atoms with van der Waals surface area (Å²) in [5.74, 6) is -0.520. The molecule has 8 nitrogen and oxygen atoms in total. The number of nitrogens with one attached hydrogen (secondary N) is 2. The van der Waals surface area contributed by atoms with Crippen LogP contribution in [-0.4, -0.2) is 57.2 Å². The number of carbonyl (C=O) groups excluding carboxylic acids is 3. The molecule has 20 heavy (non-hydrogen) atoms. The summed E-state index contributed by atoms with van der Waals surface area (Å²) in [6.45, 7) is 3.34. The van der Waals surface area contributed by atoms with Gasteiger partial charge in [0.05, 0.1) is 32.5 Å². The molecule has 0 aromatic rings. The van der Waals surface area contributed by atoms with E-state index in [1.165, 1.54) is 0 Å². The third kappa shape index (κ3) is 11.4. The number of hydrogen-bond donors (Lipinski definition) is 3. The summed E-state index contributed by atoms with van der Waals surface area (Å²) in [5.41, 5.74) is 4.97. The molecule has 0 aromatic heterocycles. The first-order valence-corrected chi connectivity index (χ1v) is 6.50. The van der Waals surface area contributed by atoms with Crippen molar-refractivity contribution in [2.24, 2.45) is 5.73 Å². The van der Waals surface area contributed by atoms with E-state index >= 15 is 0 Å². The summed E-state index contributed by atoms with van der Waals surface area (Å²) < 4.78 is 10.5. The molecule has 0 rings (SSSR count). The molecule has 0 aliphatic carbocycles. The summed E-state index contributed by atoms with van der Waals surface area (Å²) in [4.78, 5) is 32.1. The molecule has 4 N–H and O–H groups in total. The Hall–Kier alpha value is -1.67. The zero-order chi connectivity index (χ0) is 15.2. The highest BCUT2D eigenvalue weighted by Crippen LogP contribution is 1.91. The Bertz CT molecular complexity index is 299. The number of ether oxygens (including phenoxy) is 2. The monoisotopic (exact) mass is 289 g/mol. The van der Waals surface area contributed by atoms with Gasteiger partial charge in [-0.3, -0.25) is 14.4 Å². The Labute approximate surface area is 118 Å². The highest BCUT2D eigenvalue weighted by molar-refractivity contribution is 5.75. The fourth-order valence-electron chi connectivity index (χ4n) is 1.31. The topological polar surface area (TPSA) is 120 Å². The summed E-state index contributed by atoms with van der Waals surface area (Å²) in [6, 6.07) is -0.324. The molecule has 0 spiro atoms. The van der Waals surface area contributed by atoms with Gasteiger partial charge in [-0.05, 0) is 6.92 Å². The van der Waals surface area contributed by atoms with E-state index in [0.29, 0.717) is 13.0 Å². The van der Waals surface area contributed by atoms with Crippen molar-refractivity contribution in [1.82, 2.24) is 10.6 Å². The molecule has 0 aromatic carbocycles. The van der Waals surface area contributed by atoms with Crippen LogP contribution < -0.4 is 16.4 Å². The van der Waals surface area contributed by atoms with Crippen LogP contribution in [-0.2, 0) is 23.9 Å². The van der Waals surface area contributed by atoms with Crippen LogP contribution in [0.3, 0.4) is 0 Å². The first-order valence-electron chi connectivity index (χ1n) is 6.50. The minimum Gasteiger partial charge on any atom is -0.379 e. The SMILES string of the molecule is CCNC(=O)CCOCC(COCCC(N)=O)NC=O. The van der Waals surface area contributed by atoms with Crippen molar-refractivity contribution in [2.75, 3.05) is 33.0 Å². The van der Waals surface area contributed by atoms with E-state index in [1.54, 1.807) is 0 Å². The molecule has 0 aliphatic rings. The molecule has 0 saturated heterocycles. The summed E-state index contributed by atoms with van der Waals surface area (Å²) >= 11 is 0. The minimum atomic E-state index is -0.442. The highest BCUT2D eigenvalue weighted by Gasteiger charge is 2.09. The van der Waals surface area contributed by atoms with Gasteiger partial charge in [0.25, 0.3) is 0 Å². The quantitative estimate of drug-likeness (QED) is 0.282. The Morgan fingerprint density at radius 3 is 2.30 bits per heavy atom. The number of carbonyl (C=O) groups is 3. The molecule has 0 aliphatic heterocycles. The number of primary amides is 1. The molecule has 1 unspecified atom stereocenters. The zero-order valence-corrected chi connectivity index (χ0v) is 11.7. The Morgan fingerprint density at radius 1 is 1.20 bits per heavy atom. The van der Waals surface area contributed by atoms with Crippen LogP contribution in [0.5, 0.6) is 0 Å². The number of amides is 3. The molecule has 0 radical (unpaired) electrons. The molecular weight excluding hydrogens is 266 g/mol. The van der Waals surface area contributed by atoms with Crippen molar-refractivity contribution in [3.8, 4) is 0 Å². The molecule has 8 heteroatoms. The average molecular weight is 289 g/mol. The molecule has 3 amide bonds. The summed E-state index contributed by atoms with van der Waals surface area (Å²) in [7, 11) is 0. The minimum absolute atomic E-state index is 0.0786. The van der Waals surface area contributed by atoms with Crippen LogP contribution in [0.25, 0.3) is 0 Å². The molecule has 1 atom stereocenters.